The molecule has 0 fully saturated rings. The van der Waals surface area contributed by atoms with Gasteiger partial charge in [0.2, 0.25) is 0 Å². The Hall–Kier alpha value is -3.61. The number of nitrogens with zero attached hydrogens (tertiary/aromatic N) is 3. The van der Waals surface area contributed by atoms with Crippen LogP contribution in [0.1, 0.15) is 29.3 Å². The molecule has 7 nitrogen and oxygen atoms in total. The summed E-state index contributed by atoms with van der Waals surface area (Å²) in [6, 6.07) is 13.2. The van der Waals surface area contributed by atoms with Gasteiger partial charge in [-0.15, -0.1) is 0 Å². The topological polar surface area (TPSA) is 78.3 Å². The van der Waals surface area contributed by atoms with Crippen LogP contribution in [0, 0.1) is 6.92 Å². The van der Waals surface area contributed by atoms with Crippen LogP contribution in [0.5, 0.6) is 11.5 Å². The van der Waals surface area contributed by atoms with Gasteiger partial charge in [0.05, 0.1) is 25.1 Å². The second-order valence-corrected chi connectivity index (χ2v) is 7.15. The molecule has 4 rings (SSSR count). The number of amides is 1. The summed E-state index contributed by atoms with van der Waals surface area (Å²) < 4.78 is 12.4. The summed E-state index contributed by atoms with van der Waals surface area (Å²) in [6.07, 6.45) is 0.910. The van der Waals surface area contributed by atoms with Gasteiger partial charge < -0.3 is 14.8 Å². The number of aryl methyl sites for hydroxylation is 2. The summed E-state index contributed by atoms with van der Waals surface area (Å²) in [6.45, 7) is 4.84. The summed E-state index contributed by atoms with van der Waals surface area (Å²) in [5.74, 6) is 1.28. The Kier molecular flexibility index (Phi) is 5.27. The van der Waals surface area contributed by atoms with Crippen LogP contribution in [0.3, 0.4) is 0 Å². The van der Waals surface area contributed by atoms with Gasteiger partial charge in [0.15, 0.2) is 23.0 Å². The van der Waals surface area contributed by atoms with E-state index in [1.165, 1.54) is 7.11 Å². The van der Waals surface area contributed by atoms with E-state index in [0.717, 1.165) is 33.9 Å². The first-order chi connectivity index (χ1) is 14.5. The van der Waals surface area contributed by atoms with E-state index in [2.05, 4.69) is 23.4 Å². The van der Waals surface area contributed by atoms with Gasteiger partial charge in [-0.2, -0.15) is 5.10 Å². The minimum absolute atomic E-state index is 0.275. The third kappa shape index (κ3) is 3.54. The predicted octanol–water partition coefficient (Wildman–Crippen LogP) is 4.57. The standard InChI is InChI=1S/C23H24N4O3/c1-5-10-27-22-17(12-16-11-14(2)6-8-18(16)24-22)21(26-27)25-23(28)15-7-9-19(29-3)20(13-15)30-4/h6-9,11-13H,5,10H2,1-4H3,(H,25,26,28). The van der Waals surface area contributed by atoms with Gasteiger partial charge in [0, 0.05) is 17.5 Å². The summed E-state index contributed by atoms with van der Waals surface area (Å²) >= 11 is 0. The molecule has 0 atom stereocenters. The maximum absolute atomic E-state index is 12.9. The fourth-order valence-electron chi connectivity index (χ4n) is 3.50. The van der Waals surface area contributed by atoms with Crippen molar-refractivity contribution >= 4 is 33.7 Å². The van der Waals surface area contributed by atoms with E-state index in [0.29, 0.717) is 29.4 Å². The fourth-order valence-corrected chi connectivity index (χ4v) is 3.50. The van der Waals surface area contributed by atoms with Crippen LogP contribution in [0.15, 0.2) is 42.5 Å². The fraction of sp³-hybridized carbons (Fsp3) is 0.261. The number of anilines is 1. The lowest BCUT2D eigenvalue weighted by atomic mass is 10.1. The Morgan fingerprint density at radius 2 is 1.87 bits per heavy atom. The predicted molar refractivity (Wildman–Crippen MR) is 118 cm³/mol. The molecular formula is C23H24N4O3. The molecule has 0 spiro atoms. The Bertz CT molecular complexity index is 1250. The molecule has 0 saturated heterocycles. The molecule has 4 aromatic rings. The molecule has 30 heavy (non-hydrogen) atoms. The first-order valence-electron chi connectivity index (χ1n) is 9.85. The molecule has 0 unspecified atom stereocenters. The highest BCUT2D eigenvalue weighted by Crippen LogP contribution is 2.30. The summed E-state index contributed by atoms with van der Waals surface area (Å²) in [5, 5.41) is 9.40. The molecule has 154 valence electrons. The second kappa shape index (κ2) is 8.02. The van der Waals surface area contributed by atoms with Crippen molar-refractivity contribution in [2.45, 2.75) is 26.8 Å². The molecule has 2 heterocycles. The number of carbonyl (C=O) groups excluding carboxylic acids is 1. The number of ether oxygens (including phenoxy) is 2. The number of carbonyl (C=O) groups is 1. The van der Waals surface area contributed by atoms with E-state index in [-0.39, 0.29) is 5.91 Å². The normalized spacial score (nSPS) is 11.1. The molecule has 0 bridgehead atoms. The van der Waals surface area contributed by atoms with Crippen molar-refractivity contribution < 1.29 is 14.3 Å². The van der Waals surface area contributed by atoms with Crippen LogP contribution in [-0.2, 0) is 6.54 Å². The van der Waals surface area contributed by atoms with Crippen LogP contribution in [-0.4, -0.2) is 34.9 Å². The molecule has 0 radical (unpaired) electrons. The molecule has 0 aliphatic rings. The van der Waals surface area contributed by atoms with Crippen molar-refractivity contribution in [2.24, 2.45) is 0 Å². The number of hydrogen-bond donors (Lipinski definition) is 1. The van der Waals surface area contributed by atoms with Crippen molar-refractivity contribution in [2.75, 3.05) is 19.5 Å². The average molecular weight is 404 g/mol. The number of methoxy groups -OCH3 is 2. The van der Waals surface area contributed by atoms with E-state index >= 15 is 0 Å². The molecule has 2 aromatic carbocycles. The number of pyridine rings is 1. The monoisotopic (exact) mass is 404 g/mol. The van der Waals surface area contributed by atoms with Gasteiger partial charge in [-0.3, -0.25) is 4.79 Å². The Morgan fingerprint density at radius 1 is 1.07 bits per heavy atom. The maximum Gasteiger partial charge on any atom is 0.257 e. The lowest BCUT2D eigenvalue weighted by Gasteiger charge is -2.09. The lowest BCUT2D eigenvalue weighted by Crippen LogP contribution is -2.13. The first-order valence-corrected chi connectivity index (χ1v) is 9.85. The number of hydrogen-bond acceptors (Lipinski definition) is 5. The van der Waals surface area contributed by atoms with Crippen molar-refractivity contribution in [3.63, 3.8) is 0 Å². The van der Waals surface area contributed by atoms with Gasteiger partial charge in [-0.05, 0) is 49.7 Å². The molecule has 0 saturated carbocycles. The number of fused-ring (bicyclic) bond motifs is 2. The number of nitrogens with one attached hydrogen (secondary N) is 1. The first kappa shape index (κ1) is 19.7. The van der Waals surface area contributed by atoms with Crippen molar-refractivity contribution in [3.05, 3.63) is 53.6 Å². The third-order valence-corrected chi connectivity index (χ3v) is 4.98. The molecule has 1 amide bonds. The summed E-state index contributed by atoms with van der Waals surface area (Å²) in [7, 11) is 3.10. The Balaban J connectivity index is 1.77. The van der Waals surface area contributed by atoms with E-state index in [1.807, 2.05) is 29.8 Å². The number of aromatic nitrogens is 3. The molecule has 7 heteroatoms. The van der Waals surface area contributed by atoms with Crippen molar-refractivity contribution in [3.8, 4) is 11.5 Å². The van der Waals surface area contributed by atoms with Crippen LogP contribution in [0.4, 0.5) is 5.82 Å². The van der Waals surface area contributed by atoms with E-state index in [1.54, 1.807) is 25.3 Å². The lowest BCUT2D eigenvalue weighted by molar-refractivity contribution is 0.102. The second-order valence-electron chi connectivity index (χ2n) is 7.15. The van der Waals surface area contributed by atoms with Crippen LogP contribution in [0.2, 0.25) is 0 Å². The third-order valence-electron chi connectivity index (χ3n) is 4.98. The zero-order valence-electron chi connectivity index (χ0n) is 17.5. The summed E-state index contributed by atoms with van der Waals surface area (Å²) in [4.78, 5) is 17.7. The molecule has 0 aliphatic heterocycles. The van der Waals surface area contributed by atoms with Gasteiger partial charge in [0.1, 0.15) is 0 Å². The number of benzene rings is 2. The molecular weight excluding hydrogens is 380 g/mol. The smallest absolute Gasteiger partial charge is 0.257 e. The van der Waals surface area contributed by atoms with E-state index < -0.39 is 0 Å². The highest BCUT2D eigenvalue weighted by Gasteiger charge is 2.17. The number of rotatable bonds is 6. The Morgan fingerprint density at radius 3 is 2.60 bits per heavy atom. The summed E-state index contributed by atoms with van der Waals surface area (Å²) in [5.41, 5.74) is 3.27. The van der Waals surface area contributed by atoms with E-state index in [9.17, 15) is 4.79 Å². The highest BCUT2D eigenvalue weighted by molar-refractivity contribution is 6.09. The minimum Gasteiger partial charge on any atom is -0.493 e. The van der Waals surface area contributed by atoms with Crippen LogP contribution < -0.4 is 14.8 Å². The molecule has 1 N–H and O–H groups in total. The largest absolute Gasteiger partial charge is 0.493 e. The van der Waals surface area contributed by atoms with Crippen LogP contribution in [0.25, 0.3) is 21.9 Å². The van der Waals surface area contributed by atoms with Gasteiger partial charge in [0.25, 0.3) is 5.91 Å². The quantitative estimate of drug-likeness (QED) is 0.509. The zero-order valence-corrected chi connectivity index (χ0v) is 17.5. The van der Waals surface area contributed by atoms with Gasteiger partial charge in [-0.1, -0.05) is 18.6 Å². The molecule has 2 aromatic heterocycles. The van der Waals surface area contributed by atoms with Crippen molar-refractivity contribution in [1.82, 2.24) is 14.8 Å². The Labute approximate surface area is 174 Å². The van der Waals surface area contributed by atoms with Crippen molar-refractivity contribution in [1.29, 1.82) is 0 Å². The van der Waals surface area contributed by atoms with Crippen LogP contribution >= 0.6 is 0 Å². The van der Waals surface area contributed by atoms with Gasteiger partial charge in [-0.25, -0.2) is 9.67 Å². The maximum atomic E-state index is 12.9. The van der Waals surface area contributed by atoms with Gasteiger partial charge >= 0.3 is 0 Å². The minimum atomic E-state index is -0.275. The van der Waals surface area contributed by atoms with E-state index in [4.69, 9.17) is 14.5 Å². The zero-order chi connectivity index (χ0) is 21.3. The highest BCUT2D eigenvalue weighted by atomic mass is 16.5. The SMILES string of the molecule is CCCn1nc(NC(=O)c2ccc(OC)c(OC)c2)c2cc3cc(C)ccc3nc21. The molecule has 0 aliphatic carbocycles. The average Bonchev–Trinajstić information content (AvgIpc) is 3.07.